The lowest BCUT2D eigenvalue weighted by atomic mass is 10.2. The summed E-state index contributed by atoms with van der Waals surface area (Å²) in [6.45, 7) is 1.86. The average Bonchev–Trinajstić information content (AvgIpc) is 3.61. The molecule has 0 unspecified atom stereocenters. The Labute approximate surface area is 205 Å². The summed E-state index contributed by atoms with van der Waals surface area (Å²) in [6.07, 6.45) is 3.04. The quantitative estimate of drug-likeness (QED) is 0.337. The fourth-order valence-corrected chi connectivity index (χ4v) is 4.33. The van der Waals surface area contributed by atoms with E-state index in [9.17, 15) is 10.1 Å². The number of para-hydroxylation sites is 2. The van der Waals surface area contributed by atoms with Crippen molar-refractivity contribution in [3.63, 3.8) is 0 Å². The van der Waals surface area contributed by atoms with E-state index in [1.54, 1.807) is 6.26 Å². The number of anilines is 1. The van der Waals surface area contributed by atoms with Crippen molar-refractivity contribution in [2.75, 3.05) is 11.1 Å². The molecular formula is C25H19N7O2S. The summed E-state index contributed by atoms with van der Waals surface area (Å²) in [5.41, 5.74) is 2.70. The number of rotatable bonds is 7. The molecule has 0 radical (unpaired) electrons. The molecule has 5 rings (SSSR count). The monoisotopic (exact) mass is 481 g/mol. The number of carbonyl (C=O) groups is 1. The molecule has 2 aromatic carbocycles. The standard InChI is InChI=1S/C25H19N7O2S/c1-17-21(12-13-34-17)24-29-30-25(31(24)19-8-4-2-5-9-19)35-16-22(33)28-23-18(14-26)15-27-32(23)20-10-6-3-7-11-20/h2-13,15H,16H2,1H3,(H,28,33). The Bertz CT molecular complexity index is 1510. The summed E-state index contributed by atoms with van der Waals surface area (Å²) in [4.78, 5) is 12.9. The zero-order valence-corrected chi connectivity index (χ0v) is 19.4. The van der Waals surface area contributed by atoms with Gasteiger partial charge in [-0.2, -0.15) is 10.4 Å². The van der Waals surface area contributed by atoms with Crippen molar-refractivity contribution in [3.05, 3.63) is 90.5 Å². The van der Waals surface area contributed by atoms with E-state index in [0.29, 0.717) is 16.8 Å². The Morgan fingerprint density at radius 2 is 1.77 bits per heavy atom. The summed E-state index contributed by atoms with van der Waals surface area (Å²) in [7, 11) is 0. The second kappa shape index (κ2) is 9.70. The minimum atomic E-state index is -0.298. The van der Waals surface area contributed by atoms with Gasteiger partial charge in [0.1, 0.15) is 17.4 Å². The van der Waals surface area contributed by atoms with Crippen LogP contribution < -0.4 is 5.32 Å². The number of thioether (sulfide) groups is 1. The fraction of sp³-hybridized carbons (Fsp3) is 0.0800. The van der Waals surface area contributed by atoms with Gasteiger partial charge in [-0.3, -0.25) is 9.36 Å². The summed E-state index contributed by atoms with van der Waals surface area (Å²) in [5, 5.41) is 25.8. The van der Waals surface area contributed by atoms with Crippen LogP contribution in [-0.2, 0) is 4.79 Å². The van der Waals surface area contributed by atoms with Crippen molar-refractivity contribution in [2.45, 2.75) is 12.1 Å². The molecule has 1 N–H and O–H groups in total. The molecular weight excluding hydrogens is 462 g/mol. The molecule has 0 aliphatic rings. The number of carbonyl (C=O) groups excluding carboxylic acids is 1. The predicted octanol–water partition coefficient (Wildman–Crippen LogP) is 4.62. The Kier molecular flexibility index (Phi) is 6.15. The van der Waals surface area contributed by atoms with Crippen LogP contribution in [0.3, 0.4) is 0 Å². The second-order valence-corrected chi connectivity index (χ2v) is 8.41. The molecule has 0 atom stereocenters. The fourth-order valence-electron chi connectivity index (χ4n) is 3.58. The van der Waals surface area contributed by atoms with Gasteiger partial charge in [-0.05, 0) is 37.3 Å². The first-order valence-electron chi connectivity index (χ1n) is 10.7. The third-order valence-electron chi connectivity index (χ3n) is 5.23. The van der Waals surface area contributed by atoms with Crippen molar-refractivity contribution >= 4 is 23.5 Å². The lowest BCUT2D eigenvalue weighted by Gasteiger charge is -2.11. The number of benzene rings is 2. The smallest absolute Gasteiger partial charge is 0.236 e. The molecule has 3 heterocycles. The first-order valence-corrected chi connectivity index (χ1v) is 11.7. The van der Waals surface area contributed by atoms with E-state index in [4.69, 9.17) is 4.42 Å². The van der Waals surface area contributed by atoms with Crippen LogP contribution in [0.25, 0.3) is 22.8 Å². The number of amides is 1. The molecule has 0 fully saturated rings. The molecule has 10 heteroatoms. The molecule has 0 saturated carbocycles. The Morgan fingerprint density at radius 1 is 1.06 bits per heavy atom. The molecule has 0 spiro atoms. The summed E-state index contributed by atoms with van der Waals surface area (Å²) in [6, 6.07) is 22.9. The highest BCUT2D eigenvalue weighted by Crippen LogP contribution is 2.30. The van der Waals surface area contributed by atoms with E-state index in [0.717, 1.165) is 22.7 Å². The lowest BCUT2D eigenvalue weighted by molar-refractivity contribution is -0.113. The van der Waals surface area contributed by atoms with Gasteiger partial charge in [0, 0.05) is 5.69 Å². The highest BCUT2D eigenvalue weighted by Gasteiger charge is 2.21. The van der Waals surface area contributed by atoms with E-state index < -0.39 is 0 Å². The van der Waals surface area contributed by atoms with Gasteiger partial charge in [-0.25, -0.2) is 4.68 Å². The first kappa shape index (κ1) is 22.2. The third-order valence-corrected chi connectivity index (χ3v) is 6.16. The number of nitriles is 1. The molecule has 9 nitrogen and oxygen atoms in total. The Hall–Kier alpha value is -4.62. The first-order chi connectivity index (χ1) is 17.2. The lowest BCUT2D eigenvalue weighted by Crippen LogP contribution is -2.18. The Morgan fingerprint density at radius 3 is 2.43 bits per heavy atom. The Balaban J connectivity index is 1.40. The maximum atomic E-state index is 12.9. The maximum absolute atomic E-state index is 12.9. The maximum Gasteiger partial charge on any atom is 0.236 e. The molecule has 0 aliphatic carbocycles. The highest BCUT2D eigenvalue weighted by atomic mass is 32.2. The minimum Gasteiger partial charge on any atom is -0.469 e. The molecule has 3 aromatic heterocycles. The van der Waals surface area contributed by atoms with Crippen molar-refractivity contribution < 1.29 is 9.21 Å². The number of nitrogens with zero attached hydrogens (tertiary/aromatic N) is 6. The number of hydrogen-bond donors (Lipinski definition) is 1. The molecule has 0 saturated heterocycles. The number of aryl methyl sites for hydroxylation is 1. The topological polar surface area (TPSA) is 115 Å². The zero-order chi connectivity index (χ0) is 24.2. The minimum absolute atomic E-state index is 0.0557. The summed E-state index contributed by atoms with van der Waals surface area (Å²) >= 11 is 1.25. The predicted molar refractivity (Wildman–Crippen MR) is 131 cm³/mol. The van der Waals surface area contributed by atoms with Gasteiger partial charge < -0.3 is 9.73 Å². The van der Waals surface area contributed by atoms with Crippen LogP contribution >= 0.6 is 11.8 Å². The van der Waals surface area contributed by atoms with E-state index in [2.05, 4.69) is 26.7 Å². The van der Waals surface area contributed by atoms with Crippen LogP contribution in [0.15, 0.2) is 88.8 Å². The van der Waals surface area contributed by atoms with E-state index in [1.807, 2.05) is 78.2 Å². The van der Waals surface area contributed by atoms with Crippen LogP contribution in [0.1, 0.15) is 11.3 Å². The van der Waals surface area contributed by atoms with Crippen molar-refractivity contribution in [3.8, 4) is 28.8 Å². The van der Waals surface area contributed by atoms with Crippen LogP contribution in [0.4, 0.5) is 5.82 Å². The van der Waals surface area contributed by atoms with Crippen LogP contribution in [-0.4, -0.2) is 36.2 Å². The summed E-state index contributed by atoms with van der Waals surface area (Å²) in [5.74, 6) is 1.43. The molecule has 1 amide bonds. The van der Waals surface area contributed by atoms with E-state index in [-0.39, 0.29) is 17.2 Å². The number of hydrogen-bond acceptors (Lipinski definition) is 7. The van der Waals surface area contributed by atoms with Gasteiger partial charge >= 0.3 is 0 Å². The van der Waals surface area contributed by atoms with Crippen molar-refractivity contribution in [1.29, 1.82) is 5.26 Å². The molecule has 172 valence electrons. The van der Waals surface area contributed by atoms with Gasteiger partial charge in [-0.1, -0.05) is 48.2 Å². The van der Waals surface area contributed by atoms with Crippen LogP contribution in [0, 0.1) is 18.3 Å². The van der Waals surface area contributed by atoms with Crippen molar-refractivity contribution in [2.24, 2.45) is 0 Å². The zero-order valence-electron chi connectivity index (χ0n) is 18.6. The van der Waals surface area contributed by atoms with Gasteiger partial charge in [-0.15, -0.1) is 10.2 Å². The van der Waals surface area contributed by atoms with E-state index in [1.165, 1.54) is 22.6 Å². The van der Waals surface area contributed by atoms with Gasteiger partial charge in [0.25, 0.3) is 0 Å². The number of furan rings is 1. The van der Waals surface area contributed by atoms with E-state index >= 15 is 0 Å². The number of nitrogens with one attached hydrogen (secondary N) is 1. The largest absolute Gasteiger partial charge is 0.469 e. The summed E-state index contributed by atoms with van der Waals surface area (Å²) < 4.78 is 8.89. The van der Waals surface area contributed by atoms with Gasteiger partial charge in [0.2, 0.25) is 5.91 Å². The van der Waals surface area contributed by atoms with Crippen molar-refractivity contribution in [1.82, 2.24) is 24.5 Å². The molecule has 0 bridgehead atoms. The van der Waals surface area contributed by atoms with Crippen LogP contribution in [0.5, 0.6) is 0 Å². The highest BCUT2D eigenvalue weighted by molar-refractivity contribution is 7.99. The third kappa shape index (κ3) is 4.45. The molecule has 5 aromatic rings. The molecule has 0 aliphatic heterocycles. The number of aromatic nitrogens is 5. The second-order valence-electron chi connectivity index (χ2n) is 7.47. The average molecular weight is 482 g/mol. The van der Waals surface area contributed by atoms with Gasteiger partial charge in [0.05, 0.1) is 29.5 Å². The molecule has 35 heavy (non-hydrogen) atoms. The van der Waals surface area contributed by atoms with Gasteiger partial charge in [0.15, 0.2) is 16.8 Å². The SMILES string of the molecule is Cc1occc1-c1nnc(SCC(=O)Nc2c(C#N)cnn2-c2ccccc2)n1-c1ccccc1. The normalized spacial score (nSPS) is 10.7. The van der Waals surface area contributed by atoms with Crippen LogP contribution in [0.2, 0.25) is 0 Å².